The van der Waals surface area contributed by atoms with Crippen molar-refractivity contribution in [2.24, 2.45) is 5.73 Å². The summed E-state index contributed by atoms with van der Waals surface area (Å²) in [6.07, 6.45) is 3.51. The molecule has 19 heavy (non-hydrogen) atoms. The van der Waals surface area contributed by atoms with Crippen molar-refractivity contribution in [1.29, 1.82) is 0 Å². The highest BCUT2D eigenvalue weighted by Crippen LogP contribution is 2.27. The smallest absolute Gasteiger partial charge is 0.161 e. The molecule has 0 bridgehead atoms. The number of nitrogens with zero attached hydrogens (tertiary/aromatic N) is 1. The maximum Gasteiger partial charge on any atom is 0.161 e. The van der Waals surface area contributed by atoms with Gasteiger partial charge >= 0.3 is 0 Å². The van der Waals surface area contributed by atoms with Crippen LogP contribution in [-0.2, 0) is 6.54 Å². The van der Waals surface area contributed by atoms with Crippen molar-refractivity contribution >= 4 is 0 Å². The number of hydrogen-bond donors (Lipinski definition) is 1. The zero-order chi connectivity index (χ0) is 14.1. The number of methoxy groups -OCH3 is 2. The molecule has 0 aliphatic heterocycles. The van der Waals surface area contributed by atoms with Crippen LogP contribution in [0.15, 0.2) is 18.2 Å². The molecule has 4 heteroatoms. The number of benzene rings is 1. The van der Waals surface area contributed by atoms with Crippen LogP contribution in [0.5, 0.6) is 11.5 Å². The van der Waals surface area contributed by atoms with Gasteiger partial charge < -0.3 is 20.1 Å². The molecule has 0 radical (unpaired) electrons. The summed E-state index contributed by atoms with van der Waals surface area (Å²) in [6.45, 7) is 2.80. The molecular weight excluding hydrogens is 240 g/mol. The minimum atomic E-state index is 0.775. The van der Waals surface area contributed by atoms with E-state index in [0.717, 1.165) is 37.6 Å². The Hall–Kier alpha value is -1.26. The third kappa shape index (κ3) is 5.49. The van der Waals surface area contributed by atoms with Gasteiger partial charge in [0, 0.05) is 6.54 Å². The van der Waals surface area contributed by atoms with Crippen molar-refractivity contribution in [2.45, 2.75) is 25.8 Å². The molecule has 108 valence electrons. The maximum atomic E-state index is 5.49. The second-order valence-corrected chi connectivity index (χ2v) is 4.78. The van der Waals surface area contributed by atoms with Gasteiger partial charge in [-0.15, -0.1) is 0 Å². The van der Waals surface area contributed by atoms with Gasteiger partial charge in [-0.25, -0.2) is 0 Å². The first-order valence-electron chi connectivity index (χ1n) is 6.80. The van der Waals surface area contributed by atoms with E-state index in [9.17, 15) is 0 Å². The largest absolute Gasteiger partial charge is 0.493 e. The number of nitrogens with two attached hydrogens (primary N) is 1. The van der Waals surface area contributed by atoms with E-state index in [-0.39, 0.29) is 0 Å². The molecule has 1 rings (SSSR count). The summed E-state index contributed by atoms with van der Waals surface area (Å²) in [5.41, 5.74) is 6.72. The lowest BCUT2D eigenvalue weighted by molar-refractivity contribution is 0.315. The van der Waals surface area contributed by atoms with E-state index in [0.29, 0.717) is 0 Å². The zero-order valence-corrected chi connectivity index (χ0v) is 12.3. The lowest BCUT2D eigenvalue weighted by Gasteiger charge is -2.17. The first-order chi connectivity index (χ1) is 9.21. The number of hydrogen-bond acceptors (Lipinski definition) is 4. The van der Waals surface area contributed by atoms with Crippen LogP contribution in [0.1, 0.15) is 24.8 Å². The Morgan fingerprint density at radius 3 is 2.42 bits per heavy atom. The minimum Gasteiger partial charge on any atom is -0.493 e. The second-order valence-electron chi connectivity index (χ2n) is 4.78. The van der Waals surface area contributed by atoms with Gasteiger partial charge in [-0.3, -0.25) is 0 Å². The normalized spacial score (nSPS) is 10.8. The fraction of sp³-hybridized carbons (Fsp3) is 0.600. The van der Waals surface area contributed by atoms with Crippen molar-refractivity contribution in [3.8, 4) is 11.5 Å². The molecule has 0 unspecified atom stereocenters. The SMILES string of the molecule is COc1ccc(CN(C)CCCCCN)cc1OC. The first-order valence-corrected chi connectivity index (χ1v) is 6.80. The molecule has 0 saturated carbocycles. The number of ether oxygens (including phenoxy) is 2. The molecule has 0 aromatic heterocycles. The highest BCUT2D eigenvalue weighted by molar-refractivity contribution is 5.42. The quantitative estimate of drug-likeness (QED) is 0.697. The molecular formula is C15H26N2O2. The lowest BCUT2D eigenvalue weighted by atomic mass is 10.1. The van der Waals surface area contributed by atoms with E-state index in [2.05, 4.69) is 18.0 Å². The topological polar surface area (TPSA) is 47.7 Å². The van der Waals surface area contributed by atoms with Gasteiger partial charge in [0.05, 0.1) is 14.2 Å². The molecule has 0 atom stereocenters. The van der Waals surface area contributed by atoms with Crippen LogP contribution in [0.3, 0.4) is 0 Å². The highest BCUT2D eigenvalue weighted by Gasteiger charge is 2.06. The Bertz CT molecular complexity index is 369. The summed E-state index contributed by atoms with van der Waals surface area (Å²) in [7, 11) is 5.46. The average molecular weight is 266 g/mol. The molecule has 0 amide bonds. The van der Waals surface area contributed by atoms with E-state index >= 15 is 0 Å². The van der Waals surface area contributed by atoms with Gasteiger partial charge in [0.15, 0.2) is 11.5 Å². The lowest BCUT2D eigenvalue weighted by Crippen LogP contribution is -2.19. The molecule has 1 aromatic rings. The standard InChI is InChI=1S/C15H26N2O2/c1-17(10-6-4-5-9-16)12-13-7-8-14(18-2)15(11-13)19-3/h7-8,11H,4-6,9-10,12,16H2,1-3H3. The Kier molecular flexibility index (Phi) is 7.30. The van der Waals surface area contributed by atoms with E-state index in [1.165, 1.54) is 18.4 Å². The molecule has 0 heterocycles. The van der Waals surface area contributed by atoms with Gasteiger partial charge in [0.1, 0.15) is 0 Å². The Morgan fingerprint density at radius 2 is 1.79 bits per heavy atom. The Balaban J connectivity index is 2.47. The predicted octanol–water partition coefficient (Wildman–Crippen LogP) is 2.26. The van der Waals surface area contributed by atoms with Crippen molar-refractivity contribution < 1.29 is 9.47 Å². The van der Waals surface area contributed by atoms with E-state index in [1.807, 2.05) is 12.1 Å². The minimum absolute atomic E-state index is 0.775. The van der Waals surface area contributed by atoms with Crippen LogP contribution in [0.4, 0.5) is 0 Å². The summed E-state index contributed by atoms with van der Waals surface area (Å²) in [6, 6.07) is 6.07. The number of rotatable bonds is 9. The fourth-order valence-electron chi connectivity index (χ4n) is 2.07. The van der Waals surface area contributed by atoms with Gasteiger partial charge in [0.25, 0.3) is 0 Å². The monoisotopic (exact) mass is 266 g/mol. The molecule has 0 aliphatic rings. The van der Waals surface area contributed by atoms with Crippen LogP contribution in [0.2, 0.25) is 0 Å². The van der Waals surface area contributed by atoms with Crippen LogP contribution in [0, 0.1) is 0 Å². The van der Waals surface area contributed by atoms with Crippen molar-refractivity contribution in [3.63, 3.8) is 0 Å². The summed E-state index contributed by atoms with van der Waals surface area (Å²) in [4.78, 5) is 2.32. The number of unbranched alkanes of at least 4 members (excludes halogenated alkanes) is 2. The van der Waals surface area contributed by atoms with Crippen LogP contribution >= 0.6 is 0 Å². The summed E-state index contributed by atoms with van der Waals surface area (Å²) < 4.78 is 10.6. The van der Waals surface area contributed by atoms with Crippen LogP contribution in [-0.4, -0.2) is 39.3 Å². The van der Waals surface area contributed by atoms with Crippen molar-refractivity contribution in [1.82, 2.24) is 4.90 Å². The molecule has 0 aliphatic carbocycles. The Labute approximate surface area is 116 Å². The fourth-order valence-corrected chi connectivity index (χ4v) is 2.07. The third-order valence-corrected chi connectivity index (χ3v) is 3.14. The molecule has 2 N–H and O–H groups in total. The Morgan fingerprint density at radius 1 is 1.05 bits per heavy atom. The third-order valence-electron chi connectivity index (χ3n) is 3.14. The molecule has 0 fully saturated rings. The maximum absolute atomic E-state index is 5.49. The van der Waals surface area contributed by atoms with Gasteiger partial charge in [-0.2, -0.15) is 0 Å². The van der Waals surface area contributed by atoms with Gasteiger partial charge in [0.2, 0.25) is 0 Å². The summed E-state index contributed by atoms with van der Waals surface area (Å²) >= 11 is 0. The van der Waals surface area contributed by atoms with Crippen molar-refractivity contribution in [3.05, 3.63) is 23.8 Å². The van der Waals surface area contributed by atoms with Crippen LogP contribution < -0.4 is 15.2 Å². The predicted molar refractivity (Wildman–Crippen MR) is 78.8 cm³/mol. The second kappa shape index (κ2) is 8.77. The van der Waals surface area contributed by atoms with E-state index < -0.39 is 0 Å². The molecule has 0 spiro atoms. The first kappa shape index (κ1) is 15.8. The van der Waals surface area contributed by atoms with Crippen LogP contribution in [0.25, 0.3) is 0 Å². The highest BCUT2D eigenvalue weighted by atomic mass is 16.5. The molecule has 0 saturated heterocycles. The van der Waals surface area contributed by atoms with E-state index in [4.69, 9.17) is 15.2 Å². The van der Waals surface area contributed by atoms with Crippen molar-refractivity contribution in [2.75, 3.05) is 34.4 Å². The molecule has 4 nitrogen and oxygen atoms in total. The summed E-state index contributed by atoms with van der Waals surface area (Å²) in [5, 5.41) is 0. The zero-order valence-electron chi connectivity index (χ0n) is 12.3. The van der Waals surface area contributed by atoms with E-state index in [1.54, 1.807) is 14.2 Å². The van der Waals surface area contributed by atoms with Gasteiger partial charge in [-0.05, 0) is 50.7 Å². The molecule has 1 aromatic carbocycles. The summed E-state index contributed by atoms with van der Waals surface area (Å²) in [5.74, 6) is 1.56. The van der Waals surface area contributed by atoms with Gasteiger partial charge in [-0.1, -0.05) is 12.5 Å². The average Bonchev–Trinajstić information content (AvgIpc) is 2.43.